The van der Waals surface area contributed by atoms with E-state index in [0.717, 1.165) is 26.1 Å². The Hall–Kier alpha value is -0.320. The van der Waals surface area contributed by atoms with E-state index in [2.05, 4.69) is 36.3 Å². The first-order valence-corrected chi connectivity index (χ1v) is 5.88. The lowest BCUT2D eigenvalue weighted by molar-refractivity contribution is -0.123. The number of amides is 1. The number of hydrogen-bond donors (Lipinski definition) is 2. The van der Waals surface area contributed by atoms with Gasteiger partial charge in [-0.1, -0.05) is 6.92 Å². The molecule has 1 aliphatic rings. The van der Waals surface area contributed by atoms with Gasteiger partial charge in [0.15, 0.2) is 0 Å². The second kappa shape index (κ2) is 7.87. The molecule has 0 bridgehead atoms. The third kappa shape index (κ3) is 4.68. The summed E-state index contributed by atoms with van der Waals surface area (Å²) in [6.45, 7) is 9.66. The third-order valence-electron chi connectivity index (χ3n) is 2.91. The van der Waals surface area contributed by atoms with E-state index in [0.29, 0.717) is 18.6 Å². The van der Waals surface area contributed by atoms with Crippen LogP contribution >= 0.6 is 12.4 Å². The first kappa shape index (κ1) is 15.7. The van der Waals surface area contributed by atoms with Gasteiger partial charge >= 0.3 is 0 Å². The van der Waals surface area contributed by atoms with Crippen molar-refractivity contribution in [1.29, 1.82) is 0 Å². The molecule has 1 amide bonds. The maximum Gasteiger partial charge on any atom is 0.234 e. The molecule has 96 valence electrons. The number of nitrogens with zero attached hydrogens (tertiary/aromatic N) is 1. The topological polar surface area (TPSA) is 44.4 Å². The largest absolute Gasteiger partial charge is 0.355 e. The van der Waals surface area contributed by atoms with Gasteiger partial charge in [-0.3, -0.25) is 9.69 Å². The summed E-state index contributed by atoms with van der Waals surface area (Å²) in [5.74, 6) is 0.150. The summed E-state index contributed by atoms with van der Waals surface area (Å²) >= 11 is 0. The molecule has 16 heavy (non-hydrogen) atoms. The van der Waals surface area contributed by atoms with Gasteiger partial charge < -0.3 is 10.6 Å². The molecule has 4 nitrogen and oxygen atoms in total. The minimum atomic E-state index is 0. The van der Waals surface area contributed by atoms with Crippen LogP contribution in [0, 0.1) is 0 Å². The average molecular weight is 250 g/mol. The van der Waals surface area contributed by atoms with Crippen LogP contribution in [0.15, 0.2) is 0 Å². The fourth-order valence-corrected chi connectivity index (χ4v) is 1.97. The highest BCUT2D eigenvalue weighted by atomic mass is 35.5. The molecule has 0 aromatic heterocycles. The molecule has 2 atom stereocenters. The normalized spacial score (nSPS) is 25.9. The molecule has 0 aromatic rings. The van der Waals surface area contributed by atoms with Crippen molar-refractivity contribution in [2.75, 3.05) is 26.2 Å². The second-order valence-electron chi connectivity index (χ2n) is 4.38. The zero-order valence-electron chi connectivity index (χ0n) is 10.5. The van der Waals surface area contributed by atoms with Crippen LogP contribution in [0.1, 0.15) is 27.2 Å². The fraction of sp³-hybridized carbons (Fsp3) is 0.909. The molecule has 0 saturated carbocycles. The molecule has 0 aliphatic carbocycles. The standard InChI is InChI=1S/C11H23N3O.ClH/c1-4-5-13-11(15)8-14-9(2)6-12-7-10(14)3;/h9-10,12H,4-8H2,1-3H3,(H,13,15);1H/t9-,10+;. The van der Waals surface area contributed by atoms with Crippen molar-refractivity contribution in [2.24, 2.45) is 0 Å². The molecule has 0 radical (unpaired) electrons. The van der Waals surface area contributed by atoms with Crippen LogP contribution in [0.4, 0.5) is 0 Å². The summed E-state index contributed by atoms with van der Waals surface area (Å²) in [6, 6.07) is 0.891. The SMILES string of the molecule is CCCNC(=O)CN1[C@H](C)CNC[C@@H]1C.Cl. The lowest BCUT2D eigenvalue weighted by atomic mass is 10.1. The van der Waals surface area contributed by atoms with Crippen LogP contribution in [0.3, 0.4) is 0 Å². The Labute approximate surface area is 105 Å². The van der Waals surface area contributed by atoms with Crippen LogP contribution in [0.5, 0.6) is 0 Å². The van der Waals surface area contributed by atoms with E-state index in [9.17, 15) is 4.79 Å². The van der Waals surface area contributed by atoms with Crippen molar-refractivity contribution in [1.82, 2.24) is 15.5 Å². The molecule has 0 aromatic carbocycles. The predicted octanol–water partition coefficient (Wildman–Crippen LogP) is 0.617. The summed E-state index contributed by atoms with van der Waals surface area (Å²) < 4.78 is 0. The van der Waals surface area contributed by atoms with E-state index in [1.54, 1.807) is 0 Å². The molecule has 2 N–H and O–H groups in total. The molecule has 1 saturated heterocycles. The summed E-state index contributed by atoms with van der Waals surface area (Å²) in [6.07, 6.45) is 0.998. The smallest absolute Gasteiger partial charge is 0.234 e. The average Bonchev–Trinajstić information content (AvgIpc) is 2.21. The van der Waals surface area contributed by atoms with E-state index in [-0.39, 0.29) is 18.3 Å². The highest BCUT2D eigenvalue weighted by Crippen LogP contribution is 2.08. The number of nitrogens with one attached hydrogen (secondary N) is 2. The van der Waals surface area contributed by atoms with Crippen LogP contribution in [-0.2, 0) is 4.79 Å². The van der Waals surface area contributed by atoms with Gasteiger partial charge in [0, 0.05) is 31.7 Å². The van der Waals surface area contributed by atoms with Gasteiger partial charge in [0.25, 0.3) is 0 Å². The Morgan fingerprint density at radius 3 is 2.44 bits per heavy atom. The molecular formula is C11H24ClN3O. The van der Waals surface area contributed by atoms with Gasteiger partial charge in [0.2, 0.25) is 5.91 Å². The first-order valence-electron chi connectivity index (χ1n) is 5.88. The van der Waals surface area contributed by atoms with Crippen LogP contribution in [0.25, 0.3) is 0 Å². The van der Waals surface area contributed by atoms with E-state index in [1.165, 1.54) is 0 Å². The number of rotatable bonds is 4. The molecule has 0 spiro atoms. The Bertz CT molecular complexity index is 203. The lowest BCUT2D eigenvalue weighted by Gasteiger charge is -2.38. The number of hydrogen-bond acceptors (Lipinski definition) is 3. The van der Waals surface area contributed by atoms with E-state index < -0.39 is 0 Å². The molecule has 1 fully saturated rings. The van der Waals surface area contributed by atoms with Crippen molar-refractivity contribution in [3.8, 4) is 0 Å². The summed E-state index contributed by atoms with van der Waals surface area (Å²) in [5.41, 5.74) is 0. The molecule has 5 heteroatoms. The maximum atomic E-state index is 11.6. The lowest BCUT2D eigenvalue weighted by Crippen LogP contribution is -2.57. The van der Waals surface area contributed by atoms with Gasteiger partial charge in [0.1, 0.15) is 0 Å². The molecule has 1 heterocycles. The third-order valence-corrected chi connectivity index (χ3v) is 2.91. The van der Waals surface area contributed by atoms with Crippen molar-refractivity contribution < 1.29 is 4.79 Å². The monoisotopic (exact) mass is 249 g/mol. The van der Waals surface area contributed by atoms with Gasteiger partial charge in [-0.25, -0.2) is 0 Å². The Balaban J connectivity index is 0.00000225. The number of halogens is 1. The molecule has 1 rings (SSSR count). The number of carbonyl (C=O) groups excluding carboxylic acids is 1. The van der Waals surface area contributed by atoms with Gasteiger partial charge in [-0.15, -0.1) is 12.4 Å². The van der Waals surface area contributed by atoms with Crippen LogP contribution in [-0.4, -0.2) is 49.1 Å². The number of piperazine rings is 1. The minimum absolute atomic E-state index is 0. The number of carbonyl (C=O) groups is 1. The van der Waals surface area contributed by atoms with Gasteiger partial charge in [-0.2, -0.15) is 0 Å². The fourth-order valence-electron chi connectivity index (χ4n) is 1.97. The Kier molecular flexibility index (Phi) is 7.72. The highest BCUT2D eigenvalue weighted by molar-refractivity contribution is 5.85. The van der Waals surface area contributed by atoms with E-state index >= 15 is 0 Å². The van der Waals surface area contributed by atoms with E-state index in [4.69, 9.17) is 0 Å². The highest BCUT2D eigenvalue weighted by Gasteiger charge is 2.25. The summed E-state index contributed by atoms with van der Waals surface area (Å²) in [5, 5.41) is 6.28. The maximum absolute atomic E-state index is 11.6. The minimum Gasteiger partial charge on any atom is -0.355 e. The van der Waals surface area contributed by atoms with Crippen LogP contribution in [0.2, 0.25) is 0 Å². The van der Waals surface area contributed by atoms with Crippen LogP contribution < -0.4 is 10.6 Å². The van der Waals surface area contributed by atoms with Crippen molar-refractivity contribution in [2.45, 2.75) is 39.3 Å². The predicted molar refractivity (Wildman–Crippen MR) is 69.0 cm³/mol. The quantitative estimate of drug-likeness (QED) is 0.768. The van der Waals surface area contributed by atoms with Crippen molar-refractivity contribution in [3.63, 3.8) is 0 Å². The first-order chi connectivity index (χ1) is 7.15. The zero-order chi connectivity index (χ0) is 11.3. The van der Waals surface area contributed by atoms with Gasteiger partial charge in [-0.05, 0) is 20.3 Å². The zero-order valence-corrected chi connectivity index (χ0v) is 11.3. The van der Waals surface area contributed by atoms with E-state index in [1.807, 2.05) is 0 Å². The van der Waals surface area contributed by atoms with Crippen molar-refractivity contribution >= 4 is 18.3 Å². The molecule has 1 aliphatic heterocycles. The summed E-state index contributed by atoms with van der Waals surface area (Å²) in [4.78, 5) is 13.9. The summed E-state index contributed by atoms with van der Waals surface area (Å²) in [7, 11) is 0. The second-order valence-corrected chi connectivity index (χ2v) is 4.38. The Morgan fingerprint density at radius 1 is 1.38 bits per heavy atom. The van der Waals surface area contributed by atoms with Crippen molar-refractivity contribution in [3.05, 3.63) is 0 Å². The van der Waals surface area contributed by atoms with Gasteiger partial charge in [0.05, 0.1) is 6.54 Å². The Morgan fingerprint density at radius 2 is 1.94 bits per heavy atom. The molecule has 0 unspecified atom stereocenters. The molecular weight excluding hydrogens is 226 g/mol.